The van der Waals surface area contributed by atoms with Gasteiger partial charge < -0.3 is 10.1 Å². The Kier molecular flexibility index (Phi) is 2.23. The summed E-state index contributed by atoms with van der Waals surface area (Å²) in [6.45, 7) is 4.02. The number of anilines is 1. The topological polar surface area (TPSA) is 21.3 Å². The van der Waals surface area contributed by atoms with E-state index in [0.717, 1.165) is 6.54 Å². The van der Waals surface area contributed by atoms with Crippen molar-refractivity contribution in [3.8, 4) is 0 Å². The van der Waals surface area contributed by atoms with E-state index in [0.29, 0.717) is 12.5 Å². The molecule has 0 radical (unpaired) electrons. The van der Waals surface area contributed by atoms with Gasteiger partial charge in [0, 0.05) is 25.3 Å². The zero-order chi connectivity index (χ0) is 9.26. The molecular weight excluding hydrogens is 162 g/mol. The second-order valence-corrected chi connectivity index (χ2v) is 3.64. The lowest BCUT2D eigenvalue weighted by molar-refractivity contribution is 0.185. The van der Waals surface area contributed by atoms with Crippen molar-refractivity contribution in [3.05, 3.63) is 29.3 Å². The molecule has 1 aromatic carbocycles. The van der Waals surface area contributed by atoms with Gasteiger partial charge >= 0.3 is 0 Å². The van der Waals surface area contributed by atoms with Crippen LogP contribution in [0.15, 0.2) is 18.2 Å². The third-order valence-corrected chi connectivity index (χ3v) is 2.56. The molecule has 0 spiro atoms. The average molecular weight is 177 g/mol. The quantitative estimate of drug-likeness (QED) is 0.748. The van der Waals surface area contributed by atoms with Crippen molar-refractivity contribution in [3.63, 3.8) is 0 Å². The lowest BCUT2D eigenvalue weighted by Crippen LogP contribution is -1.96. The van der Waals surface area contributed by atoms with Crippen molar-refractivity contribution in [2.45, 2.75) is 19.4 Å². The maximum Gasteiger partial charge on any atom is 0.0713 e. The van der Waals surface area contributed by atoms with Crippen molar-refractivity contribution in [2.24, 2.45) is 0 Å². The van der Waals surface area contributed by atoms with Crippen LogP contribution in [-0.2, 0) is 11.3 Å². The van der Waals surface area contributed by atoms with Gasteiger partial charge in [0.2, 0.25) is 0 Å². The molecule has 2 rings (SSSR count). The summed E-state index contributed by atoms with van der Waals surface area (Å²) in [6.07, 6.45) is 0. The van der Waals surface area contributed by atoms with Crippen molar-refractivity contribution in [2.75, 3.05) is 19.0 Å². The first kappa shape index (κ1) is 8.57. The van der Waals surface area contributed by atoms with E-state index < -0.39 is 0 Å². The SMILES string of the molecule is COCc1ccc2c(c1)C(C)CN2. The highest BCUT2D eigenvalue weighted by Crippen LogP contribution is 2.31. The Balaban J connectivity index is 2.31. The van der Waals surface area contributed by atoms with E-state index in [9.17, 15) is 0 Å². The minimum atomic E-state index is 0.631. The number of methoxy groups -OCH3 is 1. The summed E-state index contributed by atoms with van der Waals surface area (Å²) >= 11 is 0. The molecule has 0 aliphatic carbocycles. The predicted molar refractivity (Wildman–Crippen MR) is 54.1 cm³/mol. The van der Waals surface area contributed by atoms with Crippen LogP contribution in [0.5, 0.6) is 0 Å². The number of hydrogen-bond donors (Lipinski definition) is 1. The lowest BCUT2D eigenvalue weighted by Gasteiger charge is -2.05. The molecule has 1 unspecified atom stereocenters. The lowest BCUT2D eigenvalue weighted by atomic mass is 10.0. The second-order valence-electron chi connectivity index (χ2n) is 3.64. The van der Waals surface area contributed by atoms with Gasteiger partial charge in [0.15, 0.2) is 0 Å². The van der Waals surface area contributed by atoms with Crippen molar-refractivity contribution in [1.82, 2.24) is 0 Å². The first-order valence-electron chi connectivity index (χ1n) is 4.67. The second kappa shape index (κ2) is 3.38. The van der Waals surface area contributed by atoms with Crippen LogP contribution >= 0.6 is 0 Å². The maximum absolute atomic E-state index is 5.10. The molecule has 2 nitrogen and oxygen atoms in total. The Bertz CT molecular complexity index is 309. The standard InChI is InChI=1S/C11H15NO/c1-8-6-12-11-4-3-9(7-13-2)5-10(8)11/h3-5,8,12H,6-7H2,1-2H3. The molecular formula is C11H15NO. The summed E-state index contributed by atoms with van der Waals surface area (Å²) in [5.41, 5.74) is 3.97. The van der Waals surface area contributed by atoms with Crippen LogP contribution < -0.4 is 5.32 Å². The summed E-state index contributed by atoms with van der Waals surface area (Å²) < 4.78 is 5.10. The maximum atomic E-state index is 5.10. The molecule has 1 aromatic rings. The van der Waals surface area contributed by atoms with E-state index in [4.69, 9.17) is 4.74 Å². The van der Waals surface area contributed by atoms with Crippen molar-refractivity contribution in [1.29, 1.82) is 0 Å². The molecule has 1 heterocycles. The number of fused-ring (bicyclic) bond motifs is 1. The molecule has 0 saturated carbocycles. The van der Waals surface area contributed by atoms with E-state index in [2.05, 4.69) is 30.4 Å². The van der Waals surface area contributed by atoms with Gasteiger partial charge in [-0.05, 0) is 17.2 Å². The van der Waals surface area contributed by atoms with Crippen molar-refractivity contribution >= 4 is 5.69 Å². The van der Waals surface area contributed by atoms with Gasteiger partial charge in [-0.25, -0.2) is 0 Å². The molecule has 1 aliphatic heterocycles. The zero-order valence-corrected chi connectivity index (χ0v) is 8.13. The molecule has 0 saturated heterocycles. The van der Waals surface area contributed by atoms with Crippen LogP contribution in [0.4, 0.5) is 5.69 Å². The highest BCUT2D eigenvalue weighted by atomic mass is 16.5. The van der Waals surface area contributed by atoms with E-state index >= 15 is 0 Å². The van der Waals surface area contributed by atoms with Crippen LogP contribution in [-0.4, -0.2) is 13.7 Å². The van der Waals surface area contributed by atoms with Crippen LogP contribution in [0.3, 0.4) is 0 Å². The fourth-order valence-electron chi connectivity index (χ4n) is 1.81. The normalized spacial score (nSPS) is 19.7. The largest absolute Gasteiger partial charge is 0.384 e. The number of hydrogen-bond acceptors (Lipinski definition) is 2. The van der Waals surface area contributed by atoms with E-state index in [1.54, 1.807) is 7.11 Å². The van der Waals surface area contributed by atoms with Gasteiger partial charge in [0.25, 0.3) is 0 Å². The Morgan fingerprint density at radius 1 is 1.54 bits per heavy atom. The molecule has 13 heavy (non-hydrogen) atoms. The van der Waals surface area contributed by atoms with Crippen LogP contribution in [0.1, 0.15) is 24.0 Å². The van der Waals surface area contributed by atoms with Gasteiger partial charge in [-0.15, -0.1) is 0 Å². The Hall–Kier alpha value is -1.02. The minimum Gasteiger partial charge on any atom is -0.384 e. The van der Waals surface area contributed by atoms with Crippen LogP contribution in [0.2, 0.25) is 0 Å². The van der Waals surface area contributed by atoms with Crippen LogP contribution in [0, 0.1) is 0 Å². The molecule has 1 N–H and O–H groups in total. The molecule has 0 bridgehead atoms. The molecule has 1 aliphatic rings. The van der Waals surface area contributed by atoms with Crippen LogP contribution in [0.25, 0.3) is 0 Å². The summed E-state index contributed by atoms with van der Waals surface area (Å²) in [5.74, 6) is 0.631. The fraction of sp³-hybridized carbons (Fsp3) is 0.455. The van der Waals surface area contributed by atoms with Gasteiger partial charge in [0.1, 0.15) is 0 Å². The highest BCUT2D eigenvalue weighted by molar-refractivity contribution is 5.58. The first-order valence-corrected chi connectivity index (χ1v) is 4.67. The number of nitrogens with one attached hydrogen (secondary N) is 1. The summed E-state index contributed by atoms with van der Waals surface area (Å²) in [4.78, 5) is 0. The Labute approximate surface area is 78.9 Å². The average Bonchev–Trinajstić information content (AvgIpc) is 2.49. The zero-order valence-electron chi connectivity index (χ0n) is 8.13. The molecule has 1 atom stereocenters. The predicted octanol–water partition coefficient (Wildman–Crippen LogP) is 2.36. The number of benzene rings is 1. The number of ether oxygens (including phenoxy) is 1. The monoisotopic (exact) mass is 177 g/mol. The summed E-state index contributed by atoms with van der Waals surface area (Å²) in [5, 5.41) is 3.38. The Morgan fingerprint density at radius 2 is 2.38 bits per heavy atom. The number of rotatable bonds is 2. The van der Waals surface area contributed by atoms with E-state index in [-0.39, 0.29) is 0 Å². The molecule has 70 valence electrons. The Morgan fingerprint density at radius 3 is 3.15 bits per heavy atom. The van der Waals surface area contributed by atoms with Gasteiger partial charge in [-0.2, -0.15) is 0 Å². The summed E-state index contributed by atoms with van der Waals surface area (Å²) in [6, 6.07) is 6.50. The molecule has 0 fully saturated rings. The van der Waals surface area contributed by atoms with Gasteiger partial charge in [0.05, 0.1) is 6.61 Å². The smallest absolute Gasteiger partial charge is 0.0713 e. The minimum absolute atomic E-state index is 0.631. The van der Waals surface area contributed by atoms with E-state index in [1.807, 2.05) is 0 Å². The molecule has 0 aromatic heterocycles. The molecule has 2 heteroatoms. The third kappa shape index (κ3) is 1.54. The third-order valence-electron chi connectivity index (χ3n) is 2.56. The van der Waals surface area contributed by atoms with Gasteiger partial charge in [-0.1, -0.05) is 19.1 Å². The van der Waals surface area contributed by atoms with Gasteiger partial charge in [-0.3, -0.25) is 0 Å². The first-order chi connectivity index (χ1) is 6.31. The van der Waals surface area contributed by atoms with E-state index in [1.165, 1.54) is 16.8 Å². The highest BCUT2D eigenvalue weighted by Gasteiger charge is 2.17. The fourth-order valence-corrected chi connectivity index (χ4v) is 1.81. The summed E-state index contributed by atoms with van der Waals surface area (Å²) in [7, 11) is 1.73. The van der Waals surface area contributed by atoms with Crippen molar-refractivity contribution < 1.29 is 4.74 Å². The molecule has 0 amide bonds.